The van der Waals surface area contributed by atoms with E-state index in [1.54, 1.807) is 19.9 Å². The van der Waals surface area contributed by atoms with E-state index in [9.17, 15) is 14.9 Å². The molecular formula is C11H14N2O4S. The quantitative estimate of drug-likeness (QED) is 0.353. The number of carbonyl (C=O) groups excluding carboxylic acids is 1. The van der Waals surface area contributed by atoms with Crippen LogP contribution in [-0.4, -0.2) is 28.7 Å². The molecule has 0 aliphatic carbocycles. The van der Waals surface area contributed by atoms with Crippen molar-refractivity contribution in [2.75, 3.05) is 12.9 Å². The van der Waals surface area contributed by atoms with Crippen molar-refractivity contribution in [2.45, 2.75) is 18.9 Å². The Morgan fingerprint density at radius 1 is 1.67 bits per heavy atom. The second kappa shape index (κ2) is 6.34. The molecule has 0 aliphatic rings. The molecule has 0 amide bonds. The predicted octanol–water partition coefficient (Wildman–Crippen LogP) is 2.20. The molecule has 0 fully saturated rings. The summed E-state index contributed by atoms with van der Waals surface area (Å²) in [6.45, 7) is 3.37. The summed E-state index contributed by atoms with van der Waals surface area (Å²) in [5, 5.41) is 11.3. The van der Waals surface area contributed by atoms with Crippen molar-refractivity contribution in [2.24, 2.45) is 5.92 Å². The minimum atomic E-state index is -0.451. The van der Waals surface area contributed by atoms with Crippen LogP contribution in [0, 0.1) is 23.0 Å². The Hall–Kier alpha value is -1.63. The van der Waals surface area contributed by atoms with Gasteiger partial charge < -0.3 is 4.74 Å². The number of hydrogen-bond acceptors (Lipinski definition) is 6. The van der Waals surface area contributed by atoms with Crippen LogP contribution >= 0.6 is 11.8 Å². The highest BCUT2D eigenvalue weighted by molar-refractivity contribution is 7.99. The fourth-order valence-electron chi connectivity index (χ4n) is 1.33. The molecule has 0 aliphatic heterocycles. The monoisotopic (exact) mass is 270 g/mol. The number of nitrogens with zero attached hydrogens (tertiary/aromatic N) is 2. The highest BCUT2D eigenvalue weighted by Gasteiger charge is 2.21. The first-order valence-corrected chi connectivity index (χ1v) is 6.26. The van der Waals surface area contributed by atoms with Crippen LogP contribution in [-0.2, 0) is 9.53 Å². The maximum absolute atomic E-state index is 11.2. The van der Waals surface area contributed by atoms with E-state index in [0.717, 1.165) is 0 Å². The van der Waals surface area contributed by atoms with Crippen LogP contribution < -0.4 is 0 Å². The van der Waals surface area contributed by atoms with E-state index in [4.69, 9.17) is 0 Å². The molecule has 6 nitrogen and oxygen atoms in total. The lowest BCUT2D eigenvalue weighted by Gasteiger charge is -2.08. The van der Waals surface area contributed by atoms with Gasteiger partial charge in [-0.15, -0.1) is 0 Å². The maximum Gasteiger partial charge on any atom is 0.309 e. The van der Waals surface area contributed by atoms with Gasteiger partial charge in [-0.3, -0.25) is 14.9 Å². The summed E-state index contributed by atoms with van der Waals surface area (Å²) in [7, 11) is 1.32. The number of rotatable bonds is 5. The smallest absolute Gasteiger partial charge is 0.309 e. The van der Waals surface area contributed by atoms with Crippen molar-refractivity contribution >= 4 is 23.4 Å². The molecule has 0 radical (unpaired) electrons. The Labute approximate surface area is 109 Å². The summed E-state index contributed by atoms with van der Waals surface area (Å²) in [5.74, 6) is -0.274. The molecule has 98 valence electrons. The molecule has 1 rings (SSSR count). The summed E-state index contributed by atoms with van der Waals surface area (Å²) in [5.41, 5.74) is 0.558. The summed E-state index contributed by atoms with van der Waals surface area (Å²) in [4.78, 5) is 25.7. The molecule has 0 saturated heterocycles. The highest BCUT2D eigenvalue weighted by atomic mass is 32.2. The van der Waals surface area contributed by atoms with Crippen molar-refractivity contribution in [3.8, 4) is 0 Å². The van der Waals surface area contributed by atoms with E-state index in [2.05, 4.69) is 9.72 Å². The number of aromatic nitrogens is 1. The van der Waals surface area contributed by atoms with Gasteiger partial charge in [-0.1, -0.05) is 18.7 Å². The van der Waals surface area contributed by atoms with Crippen molar-refractivity contribution in [1.82, 2.24) is 4.98 Å². The van der Waals surface area contributed by atoms with E-state index in [1.165, 1.54) is 25.1 Å². The fourth-order valence-corrected chi connectivity index (χ4v) is 2.38. The van der Waals surface area contributed by atoms with Gasteiger partial charge in [-0.2, -0.15) is 0 Å². The number of pyridine rings is 1. The Morgan fingerprint density at radius 3 is 2.89 bits per heavy atom. The molecule has 0 saturated carbocycles. The van der Waals surface area contributed by atoms with Crippen LogP contribution in [0.4, 0.5) is 5.69 Å². The Kier molecular flexibility index (Phi) is 5.08. The van der Waals surface area contributed by atoms with Crippen molar-refractivity contribution in [1.29, 1.82) is 0 Å². The number of methoxy groups -OCH3 is 1. The first-order chi connectivity index (χ1) is 8.47. The molecule has 18 heavy (non-hydrogen) atoms. The zero-order valence-corrected chi connectivity index (χ0v) is 11.2. The average molecular weight is 270 g/mol. The number of hydrogen-bond donors (Lipinski definition) is 0. The van der Waals surface area contributed by atoms with Crippen LogP contribution in [0.25, 0.3) is 0 Å². The minimum Gasteiger partial charge on any atom is -0.469 e. The fraction of sp³-hybridized carbons (Fsp3) is 0.455. The molecule has 1 unspecified atom stereocenters. The zero-order chi connectivity index (χ0) is 13.7. The molecule has 1 aromatic rings. The topological polar surface area (TPSA) is 82.3 Å². The van der Waals surface area contributed by atoms with E-state index >= 15 is 0 Å². The standard InChI is InChI=1S/C11H14N2O4S/c1-7-4-5-12-10(9(7)13(15)16)18-6-8(2)11(14)17-3/h4-5,8H,6H2,1-3H3. The third-order valence-electron chi connectivity index (χ3n) is 2.35. The van der Waals surface area contributed by atoms with Gasteiger partial charge in [-0.25, -0.2) is 4.98 Å². The lowest BCUT2D eigenvalue weighted by atomic mass is 10.2. The predicted molar refractivity (Wildman–Crippen MR) is 67.5 cm³/mol. The van der Waals surface area contributed by atoms with E-state index < -0.39 is 4.92 Å². The summed E-state index contributed by atoms with van der Waals surface area (Å²) in [6.07, 6.45) is 1.52. The van der Waals surface area contributed by atoms with Gasteiger partial charge >= 0.3 is 11.7 Å². The van der Waals surface area contributed by atoms with E-state index in [-0.39, 0.29) is 17.6 Å². The average Bonchev–Trinajstić information content (AvgIpc) is 2.34. The van der Waals surface area contributed by atoms with Crippen LogP contribution in [0.2, 0.25) is 0 Å². The van der Waals surface area contributed by atoms with Gasteiger partial charge in [-0.05, 0) is 13.0 Å². The largest absolute Gasteiger partial charge is 0.469 e. The van der Waals surface area contributed by atoms with Gasteiger partial charge in [0.15, 0.2) is 5.03 Å². The van der Waals surface area contributed by atoms with Crippen molar-refractivity contribution in [3.05, 3.63) is 27.9 Å². The van der Waals surface area contributed by atoms with Gasteiger partial charge in [0.05, 0.1) is 18.0 Å². The lowest BCUT2D eigenvalue weighted by molar-refractivity contribution is -0.388. The van der Waals surface area contributed by atoms with Crippen LogP contribution in [0.3, 0.4) is 0 Å². The maximum atomic E-state index is 11.2. The minimum absolute atomic E-state index is 0.000402. The lowest BCUT2D eigenvalue weighted by Crippen LogP contribution is -2.15. The first kappa shape index (κ1) is 14.4. The molecule has 0 spiro atoms. The molecule has 1 atom stereocenters. The number of ether oxygens (including phenoxy) is 1. The number of carbonyl (C=O) groups is 1. The molecule has 0 N–H and O–H groups in total. The first-order valence-electron chi connectivity index (χ1n) is 5.28. The van der Waals surface area contributed by atoms with Gasteiger partial charge in [0.25, 0.3) is 0 Å². The van der Waals surface area contributed by atoms with E-state index in [1.807, 2.05) is 0 Å². The molecule has 1 aromatic heterocycles. The molecule has 1 heterocycles. The van der Waals surface area contributed by atoms with E-state index in [0.29, 0.717) is 16.3 Å². The molecule has 0 bridgehead atoms. The number of esters is 1. The van der Waals surface area contributed by atoms with Crippen molar-refractivity contribution in [3.63, 3.8) is 0 Å². The zero-order valence-electron chi connectivity index (χ0n) is 10.4. The molecule has 7 heteroatoms. The SMILES string of the molecule is COC(=O)C(C)CSc1nccc(C)c1[N+](=O)[O-]. The normalized spacial score (nSPS) is 11.9. The second-order valence-electron chi connectivity index (χ2n) is 3.77. The van der Waals surface area contributed by atoms with Crippen LogP contribution in [0.15, 0.2) is 17.3 Å². The second-order valence-corrected chi connectivity index (χ2v) is 4.78. The number of nitro groups is 1. The summed E-state index contributed by atoms with van der Waals surface area (Å²) in [6, 6.07) is 1.59. The van der Waals surface area contributed by atoms with Gasteiger partial charge in [0, 0.05) is 17.5 Å². The highest BCUT2D eigenvalue weighted by Crippen LogP contribution is 2.30. The van der Waals surface area contributed by atoms with Crippen LogP contribution in [0.5, 0.6) is 0 Å². The van der Waals surface area contributed by atoms with Gasteiger partial charge in [0.2, 0.25) is 0 Å². The number of thioether (sulfide) groups is 1. The van der Waals surface area contributed by atoms with Crippen molar-refractivity contribution < 1.29 is 14.5 Å². The summed E-state index contributed by atoms with van der Waals surface area (Å²) >= 11 is 1.19. The van der Waals surface area contributed by atoms with Gasteiger partial charge in [0.1, 0.15) is 0 Å². The summed E-state index contributed by atoms with van der Waals surface area (Å²) < 4.78 is 4.60. The third kappa shape index (κ3) is 3.43. The molecule has 0 aromatic carbocycles. The third-order valence-corrected chi connectivity index (χ3v) is 3.59. The Morgan fingerprint density at radius 2 is 2.33 bits per heavy atom. The number of aryl methyl sites for hydroxylation is 1. The Balaban J connectivity index is 2.82. The van der Waals surface area contributed by atoms with Crippen LogP contribution in [0.1, 0.15) is 12.5 Å². The molecular weight excluding hydrogens is 256 g/mol. The Bertz CT molecular complexity index is 464.